The average molecular weight is 474 g/mol. The van der Waals surface area contributed by atoms with Gasteiger partial charge in [-0.05, 0) is 36.7 Å². The van der Waals surface area contributed by atoms with E-state index in [0.29, 0.717) is 37.3 Å². The van der Waals surface area contributed by atoms with Crippen LogP contribution in [0.5, 0.6) is 0 Å². The van der Waals surface area contributed by atoms with Crippen LogP contribution in [0.4, 0.5) is 4.39 Å². The maximum absolute atomic E-state index is 14.4. The van der Waals surface area contributed by atoms with Crippen molar-refractivity contribution >= 4 is 47.0 Å². The normalized spacial score (nSPS) is 14.4. The number of H-pyrrole nitrogens is 1. The molecule has 0 atom stereocenters. The summed E-state index contributed by atoms with van der Waals surface area (Å²) < 4.78 is 16.0. The number of aromatic amines is 1. The molecular weight excluding hydrogens is 454 g/mol. The van der Waals surface area contributed by atoms with Crippen LogP contribution in [-0.4, -0.2) is 46.4 Å². The van der Waals surface area contributed by atoms with Crippen LogP contribution in [0, 0.1) is 5.82 Å². The van der Waals surface area contributed by atoms with Crippen LogP contribution >= 0.6 is 35.6 Å². The highest BCUT2D eigenvalue weighted by atomic mass is 35.5. The molecule has 3 aromatic rings. The molecule has 0 aliphatic carbocycles. The van der Waals surface area contributed by atoms with Crippen molar-refractivity contribution in [2.75, 3.05) is 26.2 Å². The van der Waals surface area contributed by atoms with Gasteiger partial charge in [0.25, 0.3) is 11.5 Å². The van der Waals surface area contributed by atoms with E-state index in [4.69, 9.17) is 23.2 Å². The van der Waals surface area contributed by atoms with Gasteiger partial charge in [-0.3, -0.25) is 14.0 Å². The molecule has 1 fully saturated rings. The second-order valence-electron chi connectivity index (χ2n) is 7.00. The van der Waals surface area contributed by atoms with Gasteiger partial charge in [-0.15, -0.1) is 12.4 Å². The fraction of sp³-hybridized carbons (Fsp3) is 0.300. The molecule has 30 heavy (non-hydrogen) atoms. The molecule has 2 N–H and O–H groups in total. The van der Waals surface area contributed by atoms with Gasteiger partial charge in [-0.1, -0.05) is 29.3 Å². The Hall–Kier alpha value is -2.06. The number of aromatic nitrogens is 2. The quantitative estimate of drug-likeness (QED) is 0.611. The van der Waals surface area contributed by atoms with E-state index in [1.807, 2.05) is 0 Å². The van der Waals surface area contributed by atoms with Crippen molar-refractivity contribution in [3.63, 3.8) is 0 Å². The molecule has 0 bridgehead atoms. The zero-order chi connectivity index (χ0) is 20.5. The van der Waals surface area contributed by atoms with E-state index in [9.17, 15) is 14.0 Å². The zero-order valence-corrected chi connectivity index (χ0v) is 18.2. The van der Waals surface area contributed by atoms with Crippen LogP contribution < -0.4 is 10.9 Å². The van der Waals surface area contributed by atoms with Crippen LogP contribution in [0.15, 0.2) is 35.3 Å². The third-order valence-corrected chi connectivity index (χ3v) is 5.82. The Balaban J connectivity index is 0.00000256. The Morgan fingerprint density at radius 3 is 2.77 bits per heavy atom. The van der Waals surface area contributed by atoms with Gasteiger partial charge in [0, 0.05) is 37.9 Å². The van der Waals surface area contributed by atoms with Crippen molar-refractivity contribution in [3.05, 3.63) is 73.6 Å². The van der Waals surface area contributed by atoms with E-state index in [-0.39, 0.29) is 39.6 Å². The summed E-state index contributed by atoms with van der Waals surface area (Å²) in [7, 11) is 0. The first-order valence-corrected chi connectivity index (χ1v) is 10.1. The van der Waals surface area contributed by atoms with Crippen molar-refractivity contribution in [2.45, 2.75) is 12.8 Å². The number of hydrogen-bond acceptors (Lipinski definition) is 3. The lowest BCUT2D eigenvalue weighted by molar-refractivity contribution is 0.0761. The molecule has 1 aromatic carbocycles. The first-order valence-electron chi connectivity index (χ1n) is 9.31. The van der Waals surface area contributed by atoms with Gasteiger partial charge in [0.15, 0.2) is 0 Å². The van der Waals surface area contributed by atoms with Crippen molar-refractivity contribution in [3.8, 4) is 0 Å². The largest absolute Gasteiger partial charge is 0.337 e. The molecule has 0 saturated carbocycles. The summed E-state index contributed by atoms with van der Waals surface area (Å²) >= 11 is 12.3. The summed E-state index contributed by atoms with van der Waals surface area (Å²) in [6, 6.07) is 5.98. The van der Waals surface area contributed by atoms with Crippen LogP contribution in [0.1, 0.15) is 28.0 Å². The van der Waals surface area contributed by atoms with Crippen molar-refractivity contribution in [1.82, 2.24) is 19.6 Å². The highest BCUT2D eigenvalue weighted by molar-refractivity contribution is 6.42. The molecule has 4 rings (SSSR count). The molecule has 1 amide bonds. The predicted octanol–water partition coefficient (Wildman–Crippen LogP) is 3.52. The Kier molecular flexibility index (Phi) is 7.08. The summed E-state index contributed by atoms with van der Waals surface area (Å²) in [6.07, 6.45) is 2.71. The van der Waals surface area contributed by atoms with Gasteiger partial charge in [0.1, 0.15) is 16.5 Å². The lowest BCUT2D eigenvalue weighted by Crippen LogP contribution is -2.34. The number of carbonyl (C=O) groups is 1. The Morgan fingerprint density at radius 1 is 1.17 bits per heavy atom. The fourth-order valence-electron chi connectivity index (χ4n) is 3.60. The lowest BCUT2D eigenvalue weighted by atomic mass is 10.0. The Bertz CT molecular complexity index is 1140. The third kappa shape index (κ3) is 4.34. The minimum absolute atomic E-state index is 0. The van der Waals surface area contributed by atoms with Crippen molar-refractivity contribution in [1.29, 1.82) is 0 Å². The summed E-state index contributed by atoms with van der Waals surface area (Å²) in [5.74, 6) is -0.869. The minimum atomic E-state index is -0.551. The van der Waals surface area contributed by atoms with Gasteiger partial charge in [0.05, 0.1) is 10.6 Å². The van der Waals surface area contributed by atoms with Gasteiger partial charge in [0.2, 0.25) is 0 Å². The summed E-state index contributed by atoms with van der Waals surface area (Å²) in [4.78, 5) is 29.2. The number of hydrogen-bond donors (Lipinski definition) is 2. The summed E-state index contributed by atoms with van der Waals surface area (Å²) in [6.45, 7) is 2.66. The third-order valence-electron chi connectivity index (χ3n) is 5.06. The number of nitrogens with one attached hydrogen (secondary N) is 2. The summed E-state index contributed by atoms with van der Waals surface area (Å²) in [5.41, 5.74) is 1.44. The molecular formula is C20H20Cl3FN4O2. The smallest absolute Gasteiger partial charge is 0.272 e. The molecule has 2 aromatic heterocycles. The molecule has 160 valence electrons. The molecule has 6 nitrogen and oxygen atoms in total. The van der Waals surface area contributed by atoms with Gasteiger partial charge < -0.3 is 15.2 Å². The van der Waals surface area contributed by atoms with Crippen molar-refractivity contribution < 1.29 is 9.18 Å². The minimum Gasteiger partial charge on any atom is -0.337 e. The number of amides is 1. The second kappa shape index (κ2) is 9.39. The standard InChI is InChI=1S/C20H19Cl2FN4O2.ClH/c21-15-10-17-19(28)25-11-13(27(17)18(15)22)8-12-2-3-16(23)14(9-12)20(29)26-6-1-4-24-5-7-26;/h2-3,9-11,24H,1,4-8H2,(H,25,28);1H. The van der Waals surface area contributed by atoms with Crippen LogP contribution in [0.3, 0.4) is 0 Å². The first-order chi connectivity index (χ1) is 14.0. The number of carbonyl (C=O) groups excluding carboxylic acids is 1. The molecule has 10 heteroatoms. The number of fused-ring (bicyclic) bond motifs is 1. The highest BCUT2D eigenvalue weighted by Crippen LogP contribution is 2.27. The topological polar surface area (TPSA) is 69.6 Å². The fourth-order valence-corrected chi connectivity index (χ4v) is 4.04. The van der Waals surface area contributed by atoms with Gasteiger partial charge in [-0.25, -0.2) is 4.39 Å². The van der Waals surface area contributed by atoms with E-state index in [1.165, 1.54) is 12.1 Å². The number of benzene rings is 1. The second-order valence-corrected chi connectivity index (χ2v) is 7.76. The average Bonchev–Trinajstić information content (AvgIpc) is 2.90. The van der Waals surface area contributed by atoms with Gasteiger partial charge >= 0.3 is 0 Å². The maximum Gasteiger partial charge on any atom is 0.272 e. The monoisotopic (exact) mass is 472 g/mol. The molecule has 1 saturated heterocycles. The van der Waals surface area contributed by atoms with Gasteiger partial charge in [-0.2, -0.15) is 0 Å². The molecule has 3 heterocycles. The number of nitrogens with zero attached hydrogens (tertiary/aromatic N) is 2. The molecule has 1 aliphatic rings. The van der Waals surface area contributed by atoms with Crippen LogP contribution in [0.25, 0.3) is 5.52 Å². The van der Waals surface area contributed by atoms with Crippen LogP contribution in [-0.2, 0) is 6.42 Å². The highest BCUT2D eigenvalue weighted by Gasteiger charge is 2.21. The van der Waals surface area contributed by atoms with E-state index in [1.54, 1.807) is 27.6 Å². The summed E-state index contributed by atoms with van der Waals surface area (Å²) in [5, 5.41) is 3.74. The van der Waals surface area contributed by atoms with E-state index < -0.39 is 5.82 Å². The zero-order valence-electron chi connectivity index (χ0n) is 15.9. The molecule has 0 radical (unpaired) electrons. The van der Waals surface area contributed by atoms with Crippen molar-refractivity contribution in [2.24, 2.45) is 0 Å². The van der Waals surface area contributed by atoms with E-state index in [0.717, 1.165) is 18.5 Å². The Morgan fingerprint density at radius 2 is 1.97 bits per heavy atom. The first kappa shape index (κ1) is 22.6. The maximum atomic E-state index is 14.4. The number of halogens is 4. The molecule has 0 spiro atoms. The van der Waals surface area contributed by atoms with Crippen LogP contribution in [0.2, 0.25) is 10.2 Å². The van der Waals surface area contributed by atoms with E-state index in [2.05, 4.69) is 10.3 Å². The molecule has 0 unspecified atom stereocenters. The Labute approximate surface area is 188 Å². The van der Waals surface area contributed by atoms with E-state index >= 15 is 0 Å². The molecule has 1 aliphatic heterocycles. The predicted molar refractivity (Wildman–Crippen MR) is 118 cm³/mol. The number of rotatable bonds is 3. The SMILES string of the molecule is Cl.O=C(c1cc(Cc2c[nH]c(=O)c3cc(Cl)c(Cl)n23)ccc1F)N1CCCNCC1. The lowest BCUT2D eigenvalue weighted by Gasteiger charge is -2.20.